The van der Waals surface area contributed by atoms with Gasteiger partial charge in [-0.15, -0.1) is 0 Å². The van der Waals surface area contributed by atoms with Crippen molar-refractivity contribution in [3.63, 3.8) is 0 Å². The first-order chi connectivity index (χ1) is 8.90. The van der Waals surface area contributed by atoms with Gasteiger partial charge in [0.1, 0.15) is 24.3 Å². The second-order valence-electron chi connectivity index (χ2n) is 4.82. The van der Waals surface area contributed by atoms with Gasteiger partial charge < -0.3 is 20.3 Å². The Balaban J connectivity index is 2.47. The quantitative estimate of drug-likeness (QED) is 0.796. The fourth-order valence-corrected chi connectivity index (χ4v) is 1.51. The molecular formula is C14H22FNO3. The average Bonchev–Trinajstić information content (AvgIpc) is 2.33. The standard InChI is InChI=1S/C14H22FNO3/c1-9(2)18-7-11(17)8-19-12-4-5-13(10(3)16)14(15)6-12/h4-6,9-11,17H,7-8,16H2,1-3H3. The van der Waals surface area contributed by atoms with Crippen molar-refractivity contribution in [1.82, 2.24) is 0 Å². The SMILES string of the molecule is CC(C)OCC(O)COc1ccc(C(C)N)c(F)c1. The molecule has 0 amide bonds. The number of hydrogen-bond donors (Lipinski definition) is 2. The summed E-state index contributed by atoms with van der Waals surface area (Å²) in [5.41, 5.74) is 6.06. The van der Waals surface area contributed by atoms with Crippen LogP contribution >= 0.6 is 0 Å². The highest BCUT2D eigenvalue weighted by molar-refractivity contribution is 5.30. The maximum atomic E-state index is 13.6. The van der Waals surface area contributed by atoms with Gasteiger partial charge in [-0.05, 0) is 26.8 Å². The average molecular weight is 271 g/mol. The molecule has 3 N–H and O–H groups in total. The lowest BCUT2D eigenvalue weighted by Gasteiger charge is -2.15. The summed E-state index contributed by atoms with van der Waals surface area (Å²) >= 11 is 0. The van der Waals surface area contributed by atoms with E-state index in [0.29, 0.717) is 11.3 Å². The van der Waals surface area contributed by atoms with E-state index in [4.69, 9.17) is 15.2 Å². The number of aliphatic hydroxyl groups is 1. The van der Waals surface area contributed by atoms with Crippen molar-refractivity contribution < 1.29 is 19.0 Å². The van der Waals surface area contributed by atoms with Crippen molar-refractivity contribution in [2.24, 2.45) is 5.73 Å². The van der Waals surface area contributed by atoms with Crippen LogP contribution in [-0.4, -0.2) is 30.5 Å². The molecule has 0 saturated heterocycles. The molecule has 5 heteroatoms. The van der Waals surface area contributed by atoms with Crippen LogP contribution in [0.3, 0.4) is 0 Å². The summed E-state index contributed by atoms with van der Waals surface area (Å²) in [6.45, 7) is 5.74. The molecule has 0 heterocycles. The molecule has 0 spiro atoms. The first-order valence-corrected chi connectivity index (χ1v) is 6.37. The number of benzene rings is 1. The van der Waals surface area contributed by atoms with E-state index in [1.165, 1.54) is 6.07 Å². The zero-order valence-corrected chi connectivity index (χ0v) is 11.6. The fourth-order valence-electron chi connectivity index (χ4n) is 1.51. The maximum absolute atomic E-state index is 13.6. The highest BCUT2D eigenvalue weighted by Crippen LogP contribution is 2.20. The number of nitrogens with two attached hydrogens (primary N) is 1. The summed E-state index contributed by atoms with van der Waals surface area (Å²) in [7, 11) is 0. The molecule has 0 radical (unpaired) electrons. The number of aliphatic hydroxyl groups excluding tert-OH is 1. The molecule has 2 unspecified atom stereocenters. The van der Waals surface area contributed by atoms with Gasteiger partial charge in [0, 0.05) is 17.7 Å². The van der Waals surface area contributed by atoms with Crippen LogP contribution < -0.4 is 10.5 Å². The van der Waals surface area contributed by atoms with Gasteiger partial charge in [-0.3, -0.25) is 0 Å². The Kier molecular flexibility index (Phi) is 6.21. The molecule has 0 aromatic heterocycles. The van der Waals surface area contributed by atoms with E-state index in [-0.39, 0.29) is 25.4 Å². The van der Waals surface area contributed by atoms with Crippen molar-refractivity contribution in [2.45, 2.75) is 39.0 Å². The van der Waals surface area contributed by atoms with E-state index in [0.717, 1.165) is 0 Å². The molecule has 1 rings (SSSR count). The smallest absolute Gasteiger partial charge is 0.131 e. The van der Waals surface area contributed by atoms with Crippen molar-refractivity contribution in [3.05, 3.63) is 29.6 Å². The predicted octanol–water partition coefficient (Wildman–Crippen LogP) is 2.01. The van der Waals surface area contributed by atoms with Gasteiger partial charge >= 0.3 is 0 Å². The van der Waals surface area contributed by atoms with E-state index >= 15 is 0 Å². The minimum Gasteiger partial charge on any atom is -0.491 e. The Morgan fingerprint density at radius 3 is 2.47 bits per heavy atom. The molecule has 1 aromatic carbocycles. The second kappa shape index (κ2) is 7.43. The molecule has 0 aliphatic heterocycles. The summed E-state index contributed by atoms with van der Waals surface area (Å²) < 4.78 is 24.2. The Bertz CT molecular complexity index is 396. The van der Waals surface area contributed by atoms with E-state index in [1.807, 2.05) is 13.8 Å². The highest BCUT2D eigenvalue weighted by Gasteiger charge is 2.10. The number of rotatable bonds is 7. The zero-order valence-electron chi connectivity index (χ0n) is 11.6. The molecule has 108 valence electrons. The molecular weight excluding hydrogens is 249 g/mol. The Morgan fingerprint density at radius 1 is 1.26 bits per heavy atom. The molecule has 0 bridgehead atoms. The van der Waals surface area contributed by atoms with Crippen LogP contribution in [0, 0.1) is 5.82 Å². The normalized spacial score (nSPS) is 14.5. The van der Waals surface area contributed by atoms with Crippen LogP contribution in [0.4, 0.5) is 4.39 Å². The van der Waals surface area contributed by atoms with Gasteiger partial charge in [0.05, 0.1) is 12.7 Å². The highest BCUT2D eigenvalue weighted by atomic mass is 19.1. The molecule has 0 aliphatic rings. The first-order valence-electron chi connectivity index (χ1n) is 6.37. The van der Waals surface area contributed by atoms with Crippen molar-refractivity contribution >= 4 is 0 Å². The lowest BCUT2D eigenvalue weighted by atomic mass is 10.1. The monoisotopic (exact) mass is 271 g/mol. The second-order valence-corrected chi connectivity index (χ2v) is 4.82. The lowest BCUT2D eigenvalue weighted by Crippen LogP contribution is -2.25. The summed E-state index contributed by atoms with van der Waals surface area (Å²) in [5, 5.41) is 9.61. The summed E-state index contributed by atoms with van der Waals surface area (Å²) in [6, 6.07) is 4.14. The van der Waals surface area contributed by atoms with E-state index in [1.54, 1.807) is 19.1 Å². The topological polar surface area (TPSA) is 64.7 Å². The minimum atomic E-state index is -0.737. The van der Waals surface area contributed by atoms with Crippen LogP contribution in [-0.2, 0) is 4.74 Å². The maximum Gasteiger partial charge on any atom is 0.131 e. The lowest BCUT2D eigenvalue weighted by molar-refractivity contribution is -0.0123. The largest absolute Gasteiger partial charge is 0.491 e. The number of hydrogen-bond acceptors (Lipinski definition) is 4. The van der Waals surface area contributed by atoms with Crippen LogP contribution in [0.2, 0.25) is 0 Å². The van der Waals surface area contributed by atoms with Crippen molar-refractivity contribution in [2.75, 3.05) is 13.2 Å². The summed E-state index contributed by atoms with van der Waals surface area (Å²) in [5.74, 6) is -0.0362. The van der Waals surface area contributed by atoms with Gasteiger partial charge in [-0.1, -0.05) is 6.07 Å². The van der Waals surface area contributed by atoms with Gasteiger partial charge in [0.2, 0.25) is 0 Å². The van der Waals surface area contributed by atoms with E-state index in [2.05, 4.69) is 0 Å². The zero-order chi connectivity index (χ0) is 14.4. The first kappa shape index (κ1) is 15.9. The fraction of sp³-hybridized carbons (Fsp3) is 0.571. The molecule has 19 heavy (non-hydrogen) atoms. The van der Waals surface area contributed by atoms with Crippen LogP contribution in [0.5, 0.6) is 5.75 Å². The van der Waals surface area contributed by atoms with Gasteiger partial charge in [-0.25, -0.2) is 4.39 Å². The molecule has 1 aromatic rings. The minimum absolute atomic E-state index is 0.0532. The molecule has 0 fully saturated rings. The third kappa shape index (κ3) is 5.55. The van der Waals surface area contributed by atoms with Gasteiger partial charge in [-0.2, -0.15) is 0 Å². The van der Waals surface area contributed by atoms with E-state index in [9.17, 15) is 9.50 Å². The number of ether oxygens (including phenoxy) is 2. The summed E-state index contributed by atoms with van der Waals surface area (Å²) in [4.78, 5) is 0. The van der Waals surface area contributed by atoms with Gasteiger partial charge in [0.25, 0.3) is 0 Å². The Labute approximate surface area is 113 Å². The van der Waals surface area contributed by atoms with Crippen LogP contribution in [0.25, 0.3) is 0 Å². The third-order valence-corrected chi connectivity index (χ3v) is 2.53. The summed E-state index contributed by atoms with van der Waals surface area (Å²) in [6.07, 6.45) is -0.684. The Hall–Kier alpha value is -1.17. The molecule has 0 saturated carbocycles. The van der Waals surface area contributed by atoms with Crippen LogP contribution in [0.15, 0.2) is 18.2 Å². The molecule has 0 aliphatic carbocycles. The predicted molar refractivity (Wildman–Crippen MR) is 71.6 cm³/mol. The van der Waals surface area contributed by atoms with Crippen molar-refractivity contribution in [3.8, 4) is 5.75 Å². The molecule has 2 atom stereocenters. The van der Waals surface area contributed by atoms with Gasteiger partial charge in [0.15, 0.2) is 0 Å². The van der Waals surface area contributed by atoms with E-state index < -0.39 is 11.9 Å². The van der Waals surface area contributed by atoms with Crippen LogP contribution in [0.1, 0.15) is 32.4 Å². The van der Waals surface area contributed by atoms with Crippen molar-refractivity contribution in [1.29, 1.82) is 0 Å². The number of halogens is 1. The Morgan fingerprint density at radius 2 is 1.95 bits per heavy atom. The third-order valence-electron chi connectivity index (χ3n) is 2.53. The molecule has 4 nitrogen and oxygen atoms in total.